The van der Waals surface area contributed by atoms with Crippen molar-refractivity contribution in [1.29, 1.82) is 0 Å². The fourth-order valence-electron chi connectivity index (χ4n) is 4.23. The normalized spacial score (nSPS) is 12.2. The molecule has 0 spiro atoms. The number of rotatable bonds is 36. The van der Waals surface area contributed by atoms with Crippen molar-refractivity contribution in [2.45, 2.75) is 154 Å². The molecule has 0 unspecified atom stereocenters. The minimum Gasteiger partial charge on any atom is -0.424 e. The van der Waals surface area contributed by atoms with E-state index in [0.717, 1.165) is 26.4 Å². The molecule has 0 amide bonds. The van der Waals surface area contributed by atoms with Crippen LogP contribution in [-0.4, -0.2) is 57.5 Å². The lowest BCUT2D eigenvalue weighted by atomic mass is 10.1. The van der Waals surface area contributed by atoms with Crippen molar-refractivity contribution in [2.24, 2.45) is 0 Å². The molecule has 0 aliphatic rings. The van der Waals surface area contributed by atoms with Gasteiger partial charge in [-0.15, -0.1) is 0 Å². The van der Waals surface area contributed by atoms with Gasteiger partial charge in [0.15, 0.2) is 19.5 Å². The van der Waals surface area contributed by atoms with Gasteiger partial charge in [0.05, 0.1) is 0 Å². The average molecular weight is 659 g/mol. The van der Waals surface area contributed by atoms with Crippen LogP contribution in [0.4, 0.5) is 0 Å². The summed E-state index contributed by atoms with van der Waals surface area (Å²) < 4.78 is 17.6. The molecule has 0 radical (unpaired) electrons. The Balaban J connectivity index is 3.01. The first-order valence-electron chi connectivity index (χ1n) is 16.7. The molecule has 0 fully saturated rings. The maximum absolute atomic E-state index is 5.97. The van der Waals surface area contributed by atoms with Crippen molar-refractivity contribution < 1.29 is 13.6 Å². The predicted octanol–water partition coefficient (Wildman–Crippen LogP) is 10.6. The van der Waals surface area contributed by atoms with Crippen LogP contribution in [0.25, 0.3) is 0 Å². The van der Waals surface area contributed by atoms with Gasteiger partial charge in [-0.3, -0.25) is 0 Å². The van der Waals surface area contributed by atoms with Crippen LogP contribution in [0, 0.1) is 0 Å². The molecule has 0 aliphatic carbocycles. The van der Waals surface area contributed by atoms with Crippen LogP contribution in [0.5, 0.6) is 0 Å². The first-order valence-corrected chi connectivity index (χ1v) is 25.0. The molecule has 9 heteroatoms. The van der Waals surface area contributed by atoms with Crippen molar-refractivity contribution in [2.75, 3.05) is 37.9 Å². The Labute approximate surface area is 265 Å². The number of hydrogen-bond acceptors (Lipinski definition) is 7. The SMILES string of the molecule is CCCCCCCCOCCCCCCCCO[SiH2]CCCSSSSCCC[SiH2]OCCCCCCCC. The van der Waals surface area contributed by atoms with Crippen LogP contribution in [0.15, 0.2) is 0 Å². The maximum Gasteiger partial charge on any atom is 0.161 e. The summed E-state index contributed by atoms with van der Waals surface area (Å²) >= 11 is 0. The fraction of sp³-hybridized carbons (Fsp3) is 1.00. The van der Waals surface area contributed by atoms with Crippen LogP contribution in [-0.2, 0) is 13.6 Å². The Morgan fingerprint density at radius 2 is 0.769 bits per heavy atom. The van der Waals surface area contributed by atoms with Gasteiger partial charge in [-0.25, -0.2) is 0 Å². The molecule has 39 heavy (non-hydrogen) atoms. The van der Waals surface area contributed by atoms with E-state index in [1.807, 2.05) is 41.2 Å². The first kappa shape index (κ1) is 40.7. The summed E-state index contributed by atoms with van der Waals surface area (Å²) in [5.74, 6) is 2.55. The molecule has 236 valence electrons. The molecule has 0 aromatic rings. The maximum atomic E-state index is 5.97. The molecule has 0 aromatic carbocycles. The minimum absolute atomic E-state index is 0.253. The van der Waals surface area contributed by atoms with E-state index in [9.17, 15) is 0 Å². The molecule has 0 heterocycles. The minimum atomic E-state index is -0.279. The highest BCUT2D eigenvalue weighted by Gasteiger charge is 1.98. The number of unbranched alkanes of at least 4 members (excludes halogenated alkanes) is 15. The van der Waals surface area contributed by atoms with Crippen LogP contribution in [0.1, 0.15) is 142 Å². The van der Waals surface area contributed by atoms with Gasteiger partial charge in [0.25, 0.3) is 0 Å². The Bertz CT molecular complexity index is 394. The summed E-state index contributed by atoms with van der Waals surface area (Å²) in [5, 5.41) is 0. The zero-order chi connectivity index (χ0) is 28.2. The van der Waals surface area contributed by atoms with E-state index in [0.29, 0.717) is 0 Å². The summed E-state index contributed by atoms with van der Waals surface area (Å²) in [7, 11) is 7.46. The second-order valence-corrected chi connectivity index (χ2v) is 20.0. The van der Waals surface area contributed by atoms with Crippen LogP contribution in [0.3, 0.4) is 0 Å². The van der Waals surface area contributed by atoms with Gasteiger partial charge in [-0.1, -0.05) is 125 Å². The third kappa shape index (κ3) is 39.7. The topological polar surface area (TPSA) is 27.7 Å². The summed E-state index contributed by atoms with van der Waals surface area (Å²) in [6, 6.07) is 2.69. The van der Waals surface area contributed by atoms with Crippen molar-refractivity contribution in [1.82, 2.24) is 0 Å². The molecule has 0 aromatic heterocycles. The lowest BCUT2D eigenvalue weighted by Crippen LogP contribution is -2.01. The summed E-state index contributed by atoms with van der Waals surface area (Å²) in [6.07, 6.45) is 26.8. The zero-order valence-electron chi connectivity index (χ0n) is 26.1. The van der Waals surface area contributed by atoms with Crippen molar-refractivity contribution >= 4 is 60.8 Å². The van der Waals surface area contributed by atoms with Crippen molar-refractivity contribution in [3.8, 4) is 0 Å². The highest BCUT2D eigenvalue weighted by atomic mass is 33.7. The van der Waals surface area contributed by atoms with E-state index >= 15 is 0 Å². The summed E-state index contributed by atoms with van der Waals surface area (Å²) in [5.41, 5.74) is 0. The first-order chi connectivity index (χ1) is 19.4. The second-order valence-electron chi connectivity index (χ2n) is 10.7. The largest absolute Gasteiger partial charge is 0.424 e. The molecule has 0 saturated carbocycles. The number of ether oxygens (including phenoxy) is 1. The van der Waals surface area contributed by atoms with E-state index in [1.54, 1.807) is 0 Å². The zero-order valence-corrected chi connectivity index (χ0v) is 32.2. The van der Waals surface area contributed by atoms with Gasteiger partial charge in [0.2, 0.25) is 0 Å². The Hall–Kier alpha value is 1.71. The van der Waals surface area contributed by atoms with Crippen molar-refractivity contribution in [3.63, 3.8) is 0 Å². The third-order valence-corrected chi connectivity index (χ3v) is 16.1. The van der Waals surface area contributed by atoms with Gasteiger partial charge >= 0.3 is 0 Å². The Morgan fingerprint density at radius 3 is 1.18 bits per heavy atom. The van der Waals surface area contributed by atoms with E-state index in [-0.39, 0.29) is 19.5 Å². The molecule has 0 aliphatic heterocycles. The quantitative estimate of drug-likeness (QED) is 0.0376. The van der Waals surface area contributed by atoms with Gasteiger partial charge in [0, 0.05) is 37.9 Å². The average Bonchev–Trinajstić information content (AvgIpc) is 2.95. The van der Waals surface area contributed by atoms with E-state index in [2.05, 4.69) is 13.8 Å². The van der Waals surface area contributed by atoms with Crippen molar-refractivity contribution in [3.05, 3.63) is 0 Å². The van der Waals surface area contributed by atoms with Crippen LogP contribution < -0.4 is 0 Å². The Morgan fingerprint density at radius 1 is 0.410 bits per heavy atom. The molecule has 0 saturated heterocycles. The van der Waals surface area contributed by atoms with Gasteiger partial charge in [-0.05, 0) is 70.3 Å². The van der Waals surface area contributed by atoms with E-state index < -0.39 is 0 Å². The van der Waals surface area contributed by atoms with Crippen LogP contribution in [0.2, 0.25) is 12.1 Å². The molecular formula is C30H66O3S4Si2. The molecule has 3 nitrogen and oxygen atoms in total. The van der Waals surface area contributed by atoms with Gasteiger partial charge < -0.3 is 13.6 Å². The van der Waals surface area contributed by atoms with Crippen LogP contribution >= 0.6 is 41.2 Å². The third-order valence-electron chi connectivity index (χ3n) is 6.77. The van der Waals surface area contributed by atoms with Gasteiger partial charge in [0.1, 0.15) is 0 Å². The molecular weight excluding hydrogens is 593 g/mol. The fourth-order valence-corrected chi connectivity index (χ4v) is 13.3. The lowest BCUT2D eigenvalue weighted by Gasteiger charge is -2.06. The van der Waals surface area contributed by atoms with E-state index in [4.69, 9.17) is 13.6 Å². The van der Waals surface area contributed by atoms with Gasteiger partial charge in [-0.2, -0.15) is 0 Å². The summed E-state index contributed by atoms with van der Waals surface area (Å²) in [6.45, 7) is 8.53. The molecule has 0 rings (SSSR count). The summed E-state index contributed by atoms with van der Waals surface area (Å²) in [4.78, 5) is 0. The number of hydrogen-bond donors (Lipinski definition) is 0. The molecule has 0 atom stereocenters. The second kappa shape index (κ2) is 39.7. The highest BCUT2D eigenvalue weighted by molar-refractivity contribution is 9.26. The standard InChI is InChI=1S/C30H66O3S4Si2/c1-3-5-7-9-13-17-23-31-24-18-14-11-12-16-20-26-33-39-30-22-28-35-37-36-34-27-21-29-38-32-25-19-15-10-8-6-4-2/h3-30,38-39H2,1-2H3. The highest BCUT2D eigenvalue weighted by Crippen LogP contribution is 2.43. The Kier molecular flexibility index (Phi) is 41.5. The molecule has 0 bridgehead atoms. The smallest absolute Gasteiger partial charge is 0.161 e. The lowest BCUT2D eigenvalue weighted by molar-refractivity contribution is 0.125. The van der Waals surface area contributed by atoms with E-state index in [1.165, 1.54) is 152 Å². The monoisotopic (exact) mass is 658 g/mol. The predicted molar refractivity (Wildman–Crippen MR) is 193 cm³/mol. The molecule has 0 N–H and O–H groups in total.